The zero-order chi connectivity index (χ0) is 5.70. The van der Waals surface area contributed by atoms with E-state index >= 15 is 0 Å². The molecule has 0 fully saturated rings. The number of hydrogen-bond acceptors (Lipinski definition) is 1. The van der Waals surface area contributed by atoms with Crippen molar-refractivity contribution in [3.8, 4) is 0 Å². The van der Waals surface area contributed by atoms with Crippen LogP contribution in [0, 0.1) is 6.92 Å². The Labute approximate surface area is 50.3 Å². The van der Waals surface area contributed by atoms with Crippen LogP contribution in [-0.4, -0.2) is 30.9 Å². The van der Waals surface area contributed by atoms with Crippen LogP contribution in [-0.2, 0) is 0 Å². The summed E-state index contributed by atoms with van der Waals surface area (Å²) >= 11 is 5.41. The molecule has 0 bridgehead atoms. The molecule has 43 valence electrons. The van der Waals surface area contributed by atoms with Gasteiger partial charge in [0.05, 0.1) is 0 Å². The molecule has 0 aliphatic carbocycles. The van der Waals surface area contributed by atoms with E-state index in [2.05, 4.69) is 11.8 Å². The SMILES string of the molecule is [CH2]CN(C)CCCl. The van der Waals surface area contributed by atoms with Gasteiger partial charge in [-0.1, -0.05) is 0 Å². The highest BCUT2D eigenvalue weighted by molar-refractivity contribution is 6.18. The fourth-order valence-corrected chi connectivity index (χ4v) is 0.545. The Balaban J connectivity index is 2.83. The Kier molecular flexibility index (Phi) is 4.57. The van der Waals surface area contributed by atoms with E-state index < -0.39 is 0 Å². The molecule has 0 aromatic heterocycles. The van der Waals surface area contributed by atoms with Gasteiger partial charge in [-0.05, 0) is 20.5 Å². The Morgan fingerprint density at radius 2 is 2.29 bits per heavy atom. The van der Waals surface area contributed by atoms with Crippen molar-refractivity contribution in [2.24, 2.45) is 0 Å². The minimum Gasteiger partial charge on any atom is -0.305 e. The maximum atomic E-state index is 5.41. The topological polar surface area (TPSA) is 3.24 Å². The third-order valence-electron chi connectivity index (χ3n) is 0.848. The predicted molar refractivity (Wildman–Crippen MR) is 33.6 cm³/mol. The number of alkyl halides is 1. The van der Waals surface area contributed by atoms with Crippen LogP contribution in [0.4, 0.5) is 0 Å². The van der Waals surface area contributed by atoms with Crippen LogP contribution in [0.15, 0.2) is 0 Å². The highest BCUT2D eigenvalue weighted by Crippen LogP contribution is 1.80. The van der Waals surface area contributed by atoms with E-state index in [4.69, 9.17) is 11.6 Å². The lowest BCUT2D eigenvalue weighted by molar-refractivity contribution is 0.393. The molecule has 1 nitrogen and oxygen atoms in total. The van der Waals surface area contributed by atoms with Gasteiger partial charge in [0.2, 0.25) is 0 Å². The van der Waals surface area contributed by atoms with Gasteiger partial charge >= 0.3 is 0 Å². The summed E-state index contributed by atoms with van der Waals surface area (Å²) in [5.74, 6) is 0.700. The Bertz CT molecular complexity index is 39.1. The average Bonchev–Trinajstić information content (AvgIpc) is 1.68. The van der Waals surface area contributed by atoms with E-state index in [9.17, 15) is 0 Å². The van der Waals surface area contributed by atoms with Crippen molar-refractivity contribution in [3.63, 3.8) is 0 Å². The maximum Gasteiger partial charge on any atom is 0.0351 e. The van der Waals surface area contributed by atoms with Crippen LogP contribution in [0.25, 0.3) is 0 Å². The van der Waals surface area contributed by atoms with Crippen molar-refractivity contribution in [3.05, 3.63) is 6.92 Å². The first kappa shape index (κ1) is 7.25. The third-order valence-corrected chi connectivity index (χ3v) is 1.02. The van der Waals surface area contributed by atoms with Gasteiger partial charge in [-0.2, -0.15) is 0 Å². The molecule has 0 atom stereocenters. The summed E-state index contributed by atoms with van der Waals surface area (Å²) in [6.45, 7) is 5.45. The van der Waals surface area contributed by atoms with Crippen LogP contribution >= 0.6 is 11.6 Å². The Morgan fingerprint density at radius 1 is 1.71 bits per heavy atom. The van der Waals surface area contributed by atoms with Crippen LogP contribution in [0.5, 0.6) is 0 Å². The van der Waals surface area contributed by atoms with Crippen molar-refractivity contribution in [1.82, 2.24) is 4.90 Å². The lowest BCUT2D eigenvalue weighted by Crippen LogP contribution is -2.19. The fraction of sp³-hybridized carbons (Fsp3) is 0.800. The molecule has 0 heterocycles. The van der Waals surface area contributed by atoms with Crippen LogP contribution in [0.2, 0.25) is 0 Å². The van der Waals surface area contributed by atoms with Crippen LogP contribution < -0.4 is 0 Å². The first-order valence-electron chi connectivity index (χ1n) is 2.35. The summed E-state index contributed by atoms with van der Waals surface area (Å²) in [7, 11) is 2.00. The second-order valence-corrected chi connectivity index (χ2v) is 1.87. The predicted octanol–water partition coefficient (Wildman–Crippen LogP) is 0.991. The molecule has 0 saturated carbocycles. The third kappa shape index (κ3) is 4.10. The van der Waals surface area contributed by atoms with Crippen molar-refractivity contribution >= 4 is 11.6 Å². The molecule has 0 amide bonds. The summed E-state index contributed by atoms with van der Waals surface area (Å²) in [5.41, 5.74) is 0. The van der Waals surface area contributed by atoms with Gasteiger partial charge in [-0.3, -0.25) is 0 Å². The van der Waals surface area contributed by atoms with Crippen molar-refractivity contribution in [2.75, 3.05) is 26.0 Å². The molecule has 7 heavy (non-hydrogen) atoms. The molecule has 0 rings (SSSR count). The first-order chi connectivity index (χ1) is 3.31. The minimum absolute atomic E-state index is 0.700. The summed E-state index contributed by atoms with van der Waals surface area (Å²) in [5, 5.41) is 0. The van der Waals surface area contributed by atoms with E-state index in [-0.39, 0.29) is 0 Å². The second kappa shape index (κ2) is 4.41. The largest absolute Gasteiger partial charge is 0.305 e. The van der Waals surface area contributed by atoms with Gasteiger partial charge in [-0.15, -0.1) is 11.6 Å². The maximum absolute atomic E-state index is 5.41. The zero-order valence-corrected chi connectivity index (χ0v) is 5.41. The lowest BCUT2D eigenvalue weighted by atomic mass is 10.6. The van der Waals surface area contributed by atoms with E-state index in [1.165, 1.54) is 0 Å². The minimum atomic E-state index is 0.700. The molecular weight excluding hydrogens is 110 g/mol. The highest BCUT2D eigenvalue weighted by Gasteiger charge is 1.87. The molecule has 0 N–H and O–H groups in total. The van der Waals surface area contributed by atoms with E-state index in [1.54, 1.807) is 0 Å². The molecule has 0 unspecified atom stereocenters. The molecule has 0 aliphatic rings. The molecule has 0 aromatic carbocycles. The summed E-state index contributed by atoms with van der Waals surface area (Å²) in [6, 6.07) is 0. The summed E-state index contributed by atoms with van der Waals surface area (Å²) < 4.78 is 0. The van der Waals surface area contributed by atoms with E-state index in [0.717, 1.165) is 13.1 Å². The number of rotatable bonds is 3. The highest BCUT2D eigenvalue weighted by atomic mass is 35.5. The normalized spacial score (nSPS) is 10.3. The van der Waals surface area contributed by atoms with Crippen LogP contribution in [0.1, 0.15) is 0 Å². The Hall–Kier alpha value is 0.250. The quantitative estimate of drug-likeness (QED) is 0.502. The Morgan fingerprint density at radius 3 is 2.43 bits per heavy atom. The molecule has 0 saturated heterocycles. The van der Waals surface area contributed by atoms with E-state index in [1.807, 2.05) is 7.05 Å². The summed E-state index contributed by atoms with van der Waals surface area (Å²) in [4.78, 5) is 2.06. The van der Waals surface area contributed by atoms with Gasteiger partial charge < -0.3 is 4.90 Å². The van der Waals surface area contributed by atoms with Crippen LogP contribution in [0.3, 0.4) is 0 Å². The summed E-state index contributed by atoms with van der Waals surface area (Å²) in [6.07, 6.45) is 0. The number of halogens is 1. The van der Waals surface area contributed by atoms with Gasteiger partial charge in [0.25, 0.3) is 0 Å². The molecule has 0 spiro atoms. The fourth-order valence-electron chi connectivity index (χ4n) is 0.256. The molecular formula is C5H11ClN. The number of hydrogen-bond donors (Lipinski definition) is 0. The van der Waals surface area contributed by atoms with Gasteiger partial charge in [0.1, 0.15) is 0 Å². The van der Waals surface area contributed by atoms with Gasteiger partial charge in [0, 0.05) is 12.4 Å². The molecule has 0 aromatic rings. The molecule has 2 heteroatoms. The van der Waals surface area contributed by atoms with Gasteiger partial charge in [0.15, 0.2) is 0 Å². The second-order valence-electron chi connectivity index (χ2n) is 1.49. The average molecular weight is 121 g/mol. The smallest absolute Gasteiger partial charge is 0.0351 e. The first-order valence-corrected chi connectivity index (χ1v) is 2.88. The number of nitrogens with zero attached hydrogens (tertiary/aromatic N) is 1. The van der Waals surface area contributed by atoms with E-state index in [0.29, 0.717) is 5.88 Å². The van der Waals surface area contributed by atoms with Crippen molar-refractivity contribution < 1.29 is 0 Å². The van der Waals surface area contributed by atoms with Crippen molar-refractivity contribution in [1.29, 1.82) is 0 Å². The van der Waals surface area contributed by atoms with Crippen molar-refractivity contribution in [2.45, 2.75) is 0 Å². The monoisotopic (exact) mass is 120 g/mol. The van der Waals surface area contributed by atoms with Gasteiger partial charge in [-0.25, -0.2) is 0 Å². The molecule has 1 radical (unpaired) electrons. The molecule has 0 aliphatic heterocycles. The zero-order valence-electron chi connectivity index (χ0n) is 4.65. The standard InChI is InChI=1S/C5H11ClN/c1-3-7(2)5-4-6/h1,3-5H2,2H3. The lowest BCUT2D eigenvalue weighted by Gasteiger charge is -2.09.